The molecule has 1 aliphatic heterocycles. The molecule has 5 heteroatoms. The highest BCUT2D eigenvalue weighted by molar-refractivity contribution is 5.75. The fourth-order valence-electron chi connectivity index (χ4n) is 1.84. The molecular formula is C11H13FN2O2. The average Bonchev–Trinajstić information content (AvgIpc) is 2.30. The van der Waals surface area contributed by atoms with Gasteiger partial charge in [-0.2, -0.15) is 0 Å². The second kappa shape index (κ2) is 4.49. The van der Waals surface area contributed by atoms with Crippen molar-refractivity contribution >= 4 is 11.7 Å². The largest absolute Gasteiger partial charge is 0.480 e. The second-order valence-electron chi connectivity index (χ2n) is 3.74. The molecule has 0 spiro atoms. The predicted molar refractivity (Wildman–Crippen MR) is 58.0 cm³/mol. The Bertz CT molecular complexity index is 397. The molecule has 0 amide bonds. The maximum Gasteiger partial charge on any atom is 0.322 e. The van der Waals surface area contributed by atoms with E-state index in [1.54, 1.807) is 23.1 Å². The number of nitrogens with zero attached hydrogens (tertiary/aromatic N) is 1. The van der Waals surface area contributed by atoms with E-state index in [0.717, 1.165) is 0 Å². The summed E-state index contributed by atoms with van der Waals surface area (Å²) in [6, 6.07) is 5.78. The number of halogens is 1. The Labute approximate surface area is 92.7 Å². The second-order valence-corrected chi connectivity index (χ2v) is 3.74. The lowest BCUT2D eigenvalue weighted by Gasteiger charge is -2.33. The number of carboxylic acid groups (broad SMARTS) is 1. The van der Waals surface area contributed by atoms with Crippen molar-refractivity contribution in [2.75, 3.05) is 24.5 Å². The van der Waals surface area contributed by atoms with E-state index in [1.165, 1.54) is 6.07 Å². The van der Waals surface area contributed by atoms with Crippen LogP contribution in [0.5, 0.6) is 0 Å². The number of benzene rings is 1. The van der Waals surface area contributed by atoms with Gasteiger partial charge in [0.2, 0.25) is 0 Å². The molecule has 2 N–H and O–H groups in total. The van der Waals surface area contributed by atoms with E-state index in [0.29, 0.717) is 18.8 Å². The first-order chi connectivity index (χ1) is 7.68. The highest BCUT2D eigenvalue weighted by atomic mass is 19.1. The minimum absolute atomic E-state index is 0.288. The molecule has 1 fully saturated rings. The number of piperazine rings is 1. The van der Waals surface area contributed by atoms with Gasteiger partial charge in [0, 0.05) is 19.6 Å². The van der Waals surface area contributed by atoms with Crippen LogP contribution >= 0.6 is 0 Å². The quantitative estimate of drug-likeness (QED) is 0.776. The summed E-state index contributed by atoms with van der Waals surface area (Å²) in [6.07, 6.45) is 0. The van der Waals surface area contributed by atoms with E-state index in [-0.39, 0.29) is 12.4 Å². The van der Waals surface area contributed by atoms with Gasteiger partial charge in [0.1, 0.15) is 11.9 Å². The monoisotopic (exact) mass is 224 g/mol. The number of hydrogen-bond acceptors (Lipinski definition) is 3. The first-order valence-corrected chi connectivity index (χ1v) is 5.14. The molecular weight excluding hydrogens is 211 g/mol. The highest BCUT2D eigenvalue weighted by Crippen LogP contribution is 2.19. The Morgan fingerprint density at radius 3 is 2.94 bits per heavy atom. The summed E-state index contributed by atoms with van der Waals surface area (Å²) in [5.41, 5.74) is 0.468. The van der Waals surface area contributed by atoms with Crippen molar-refractivity contribution in [2.24, 2.45) is 0 Å². The molecule has 2 rings (SSSR count). The molecule has 0 bridgehead atoms. The van der Waals surface area contributed by atoms with E-state index in [2.05, 4.69) is 5.32 Å². The zero-order chi connectivity index (χ0) is 11.5. The van der Waals surface area contributed by atoms with Gasteiger partial charge < -0.3 is 15.3 Å². The molecule has 0 aliphatic carbocycles. The van der Waals surface area contributed by atoms with Crippen LogP contribution in [0.25, 0.3) is 0 Å². The first-order valence-electron chi connectivity index (χ1n) is 5.14. The molecule has 1 unspecified atom stereocenters. The number of aliphatic carboxylic acids is 1. The topological polar surface area (TPSA) is 52.6 Å². The number of carboxylic acids is 1. The summed E-state index contributed by atoms with van der Waals surface area (Å²) in [4.78, 5) is 12.6. The third-order valence-electron chi connectivity index (χ3n) is 2.67. The zero-order valence-electron chi connectivity index (χ0n) is 8.69. The Balaban J connectivity index is 2.16. The van der Waals surface area contributed by atoms with Crippen LogP contribution in [0.3, 0.4) is 0 Å². The molecule has 16 heavy (non-hydrogen) atoms. The predicted octanol–water partition coefficient (Wildman–Crippen LogP) is 0.689. The summed E-state index contributed by atoms with van der Waals surface area (Å²) >= 11 is 0. The molecule has 1 saturated heterocycles. The fraction of sp³-hybridized carbons (Fsp3) is 0.364. The Kier molecular flexibility index (Phi) is 3.05. The number of anilines is 1. The number of para-hydroxylation sites is 1. The lowest BCUT2D eigenvalue weighted by Crippen LogP contribution is -2.54. The molecule has 1 aromatic carbocycles. The zero-order valence-corrected chi connectivity index (χ0v) is 8.69. The average molecular weight is 224 g/mol. The van der Waals surface area contributed by atoms with Crippen LogP contribution < -0.4 is 10.2 Å². The normalized spacial score (nSPS) is 20.8. The summed E-state index contributed by atoms with van der Waals surface area (Å²) in [6.45, 7) is 1.45. The number of nitrogens with one attached hydrogen (secondary N) is 1. The van der Waals surface area contributed by atoms with Crippen LogP contribution in [0.1, 0.15) is 0 Å². The Morgan fingerprint density at radius 2 is 2.25 bits per heavy atom. The van der Waals surface area contributed by atoms with Gasteiger partial charge in [0.25, 0.3) is 0 Å². The maximum atomic E-state index is 13.5. The minimum atomic E-state index is -0.902. The van der Waals surface area contributed by atoms with Crippen molar-refractivity contribution in [1.29, 1.82) is 0 Å². The van der Waals surface area contributed by atoms with E-state index >= 15 is 0 Å². The molecule has 0 saturated carbocycles. The Hall–Kier alpha value is -1.62. The van der Waals surface area contributed by atoms with Crippen LogP contribution in [0.2, 0.25) is 0 Å². The summed E-state index contributed by atoms with van der Waals surface area (Å²) in [5.74, 6) is -1.21. The standard InChI is InChI=1S/C11H13FN2O2/c12-8-3-1-2-4-10(8)14-6-5-13-9(7-14)11(15)16/h1-4,9,13H,5-7H2,(H,15,16). The smallest absolute Gasteiger partial charge is 0.322 e. The fourth-order valence-corrected chi connectivity index (χ4v) is 1.84. The van der Waals surface area contributed by atoms with Crippen LogP contribution in [0.15, 0.2) is 24.3 Å². The van der Waals surface area contributed by atoms with Gasteiger partial charge in [0.15, 0.2) is 0 Å². The maximum absolute atomic E-state index is 13.5. The molecule has 1 aromatic rings. The van der Waals surface area contributed by atoms with Gasteiger partial charge in [-0.3, -0.25) is 4.79 Å². The van der Waals surface area contributed by atoms with Crippen molar-refractivity contribution in [2.45, 2.75) is 6.04 Å². The molecule has 1 aliphatic rings. The summed E-state index contributed by atoms with van der Waals surface area (Å²) < 4.78 is 13.5. The lowest BCUT2D eigenvalue weighted by atomic mass is 10.2. The molecule has 4 nitrogen and oxygen atoms in total. The van der Waals surface area contributed by atoms with E-state index in [9.17, 15) is 9.18 Å². The van der Waals surface area contributed by atoms with Gasteiger partial charge >= 0.3 is 5.97 Å². The highest BCUT2D eigenvalue weighted by Gasteiger charge is 2.25. The van der Waals surface area contributed by atoms with Crippen LogP contribution in [-0.4, -0.2) is 36.8 Å². The van der Waals surface area contributed by atoms with E-state index < -0.39 is 12.0 Å². The van der Waals surface area contributed by atoms with Crippen molar-refractivity contribution < 1.29 is 14.3 Å². The van der Waals surface area contributed by atoms with Gasteiger partial charge in [-0.25, -0.2) is 4.39 Å². The molecule has 0 radical (unpaired) electrons. The number of carbonyl (C=O) groups is 1. The van der Waals surface area contributed by atoms with Crippen molar-refractivity contribution in [3.8, 4) is 0 Å². The lowest BCUT2D eigenvalue weighted by molar-refractivity contribution is -0.139. The molecule has 1 heterocycles. The first kappa shape index (κ1) is 10.9. The van der Waals surface area contributed by atoms with Gasteiger partial charge in [-0.15, -0.1) is 0 Å². The minimum Gasteiger partial charge on any atom is -0.480 e. The van der Waals surface area contributed by atoms with Crippen LogP contribution in [0.4, 0.5) is 10.1 Å². The van der Waals surface area contributed by atoms with Crippen molar-refractivity contribution in [3.63, 3.8) is 0 Å². The third kappa shape index (κ3) is 2.14. The summed E-state index contributed by atoms with van der Waals surface area (Å²) in [5, 5.41) is 11.8. The van der Waals surface area contributed by atoms with Crippen LogP contribution in [0, 0.1) is 5.82 Å². The molecule has 86 valence electrons. The van der Waals surface area contributed by atoms with Crippen LogP contribution in [-0.2, 0) is 4.79 Å². The van der Waals surface area contributed by atoms with E-state index in [1.807, 2.05) is 0 Å². The van der Waals surface area contributed by atoms with Crippen molar-refractivity contribution in [3.05, 3.63) is 30.1 Å². The summed E-state index contributed by atoms with van der Waals surface area (Å²) in [7, 11) is 0. The number of hydrogen-bond donors (Lipinski definition) is 2. The molecule has 0 aromatic heterocycles. The number of rotatable bonds is 2. The van der Waals surface area contributed by atoms with Gasteiger partial charge in [0.05, 0.1) is 5.69 Å². The molecule has 1 atom stereocenters. The van der Waals surface area contributed by atoms with Gasteiger partial charge in [-0.05, 0) is 12.1 Å². The van der Waals surface area contributed by atoms with Crippen molar-refractivity contribution in [1.82, 2.24) is 5.32 Å². The third-order valence-corrected chi connectivity index (χ3v) is 2.67. The Morgan fingerprint density at radius 1 is 1.50 bits per heavy atom. The SMILES string of the molecule is O=C(O)C1CN(c2ccccc2F)CCN1. The van der Waals surface area contributed by atoms with E-state index in [4.69, 9.17) is 5.11 Å². The van der Waals surface area contributed by atoms with Gasteiger partial charge in [-0.1, -0.05) is 12.1 Å².